The zero-order valence-electron chi connectivity index (χ0n) is 32.4. The zero-order chi connectivity index (χ0) is 39.7. The third kappa shape index (κ3) is 5.40. The lowest BCUT2D eigenvalue weighted by atomic mass is 9.87. The van der Waals surface area contributed by atoms with Crippen LogP contribution in [0, 0.1) is 0 Å². The molecule has 5 nitrogen and oxygen atoms in total. The standard InChI is InChI=1S/C55H37N3O2/c59-48-28-11-9-22-40(48)38-20-5-8-25-43(38)54-56-53(57-55(58-54)45-27-14-30-50-52(45)44-26-10-12-29-49(44)60-50)34-16-13-15-33(31-34)46-32-47-37-19-2-1-17-35(37)36-18-3-6-23-41(36)51(47)42-24-7-4-21-39(42)46/h1-32,54-55,58-59H,(H,56,57). The van der Waals surface area contributed by atoms with E-state index in [1.165, 1.54) is 48.7 Å². The number of rotatable bonds is 5. The Morgan fingerprint density at radius 3 is 1.78 bits per heavy atom. The van der Waals surface area contributed by atoms with Gasteiger partial charge in [-0.15, -0.1) is 0 Å². The van der Waals surface area contributed by atoms with E-state index in [0.717, 1.165) is 61.2 Å². The van der Waals surface area contributed by atoms with Gasteiger partial charge in [0, 0.05) is 27.5 Å². The van der Waals surface area contributed by atoms with E-state index in [1.54, 1.807) is 6.07 Å². The van der Waals surface area contributed by atoms with Gasteiger partial charge in [0.15, 0.2) is 0 Å². The first-order chi connectivity index (χ1) is 29.7. The Kier molecular flexibility index (Phi) is 7.83. The molecule has 2 atom stereocenters. The summed E-state index contributed by atoms with van der Waals surface area (Å²) in [6.07, 6.45) is -0.797. The third-order valence-corrected chi connectivity index (χ3v) is 12.3. The predicted octanol–water partition coefficient (Wildman–Crippen LogP) is 13.6. The number of fused-ring (bicyclic) bond motifs is 11. The Morgan fingerprint density at radius 1 is 0.417 bits per heavy atom. The second-order valence-electron chi connectivity index (χ2n) is 15.6. The van der Waals surface area contributed by atoms with Crippen molar-refractivity contribution in [2.45, 2.75) is 12.3 Å². The summed E-state index contributed by atoms with van der Waals surface area (Å²) < 4.78 is 6.36. The fraction of sp³-hybridized carbons (Fsp3) is 0.0364. The molecule has 0 radical (unpaired) electrons. The van der Waals surface area contributed by atoms with Gasteiger partial charge in [0.05, 0.1) is 0 Å². The van der Waals surface area contributed by atoms with E-state index in [-0.39, 0.29) is 11.9 Å². The molecule has 0 amide bonds. The maximum atomic E-state index is 11.1. The first kappa shape index (κ1) is 34.3. The van der Waals surface area contributed by atoms with Gasteiger partial charge in [-0.05, 0) is 95.7 Å². The summed E-state index contributed by atoms with van der Waals surface area (Å²) in [6, 6.07) is 67.7. The first-order valence-electron chi connectivity index (χ1n) is 20.4. The number of nitrogens with zero attached hydrogens (tertiary/aromatic N) is 1. The fourth-order valence-electron chi connectivity index (χ4n) is 9.59. The highest BCUT2D eigenvalue weighted by atomic mass is 16.3. The molecule has 2 heterocycles. The molecule has 1 aromatic heterocycles. The van der Waals surface area contributed by atoms with Gasteiger partial charge >= 0.3 is 0 Å². The van der Waals surface area contributed by atoms with E-state index in [9.17, 15) is 5.11 Å². The molecule has 11 aromatic rings. The Hall–Kier alpha value is -7.73. The molecule has 0 saturated carbocycles. The van der Waals surface area contributed by atoms with Crippen molar-refractivity contribution in [3.63, 3.8) is 0 Å². The Morgan fingerprint density at radius 2 is 0.983 bits per heavy atom. The highest BCUT2D eigenvalue weighted by Gasteiger charge is 2.30. The van der Waals surface area contributed by atoms with E-state index in [0.29, 0.717) is 0 Å². The van der Waals surface area contributed by atoms with Crippen molar-refractivity contribution in [1.29, 1.82) is 0 Å². The van der Waals surface area contributed by atoms with Crippen molar-refractivity contribution >= 4 is 70.9 Å². The quantitative estimate of drug-likeness (QED) is 0.152. The van der Waals surface area contributed by atoms with Crippen LogP contribution in [0.25, 0.3) is 87.3 Å². The number of furan rings is 1. The Balaban J connectivity index is 1.06. The van der Waals surface area contributed by atoms with E-state index in [2.05, 4.69) is 144 Å². The summed E-state index contributed by atoms with van der Waals surface area (Å²) in [5, 5.41) is 30.8. The van der Waals surface area contributed by atoms with E-state index < -0.39 is 6.17 Å². The lowest BCUT2D eigenvalue weighted by molar-refractivity contribution is 0.411. The van der Waals surface area contributed by atoms with Gasteiger partial charge in [-0.3, -0.25) is 5.32 Å². The number of amidine groups is 1. The summed E-state index contributed by atoms with van der Waals surface area (Å²) in [4.78, 5) is 5.48. The summed E-state index contributed by atoms with van der Waals surface area (Å²) in [5.74, 6) is 1.00. The average molecular weight is 772 g/mol. The van der Waals surface area contributed by atoms with Crippen molar-refractivity contribution in [3.05, 3.63) is 211 Å². The van der Waals surface area contributed by atoms with E-state index in [1.807, 2.05) is 54.6 Å². The number of aliphatic imine (C=N–C) groups is 1. The van der Waals surface area contributed by atoms with Gasteiger partial charge in [-0.2, -0.15) is 0 Å². The van der Waals surface area contributed by atoms with Crippen LogP contribution in [0.3, 0.4) is 0 Å². The van der Waals surface area contributed by atoms with Crippen LogP contribution in [0.5, 0.6) is 5.75 Å². The van der Waals surface area contributed by atoms with Crippen LogP contribution < -0.4 is 10.6 Å². The second-order valence-corrected chi connectivity index (χ2v) is 15.6. The number of hydrogen-bond acceptors (Lipinski definition) is 5. The SMILES string of the molecule is Oc1ccccc1-c1ccccc1C1NC(c2cccc(-c3cc4c5ccccc5c5ccccc5c4c4ccccc34)c2)=NC(c2cccc3oc4ccccc4c23)N1. The number of para-hydroxylation sites is 2. The molecule has 0 bridgehead atoms. The molecule has 0 fully saturated rings. The maximum absolute atomic E-state index is 11.1. The molecule has 12 rings (SSSR count). The van der Waals surface area contributed by atoms with Gasteiger partial charge < -0.3 is 14.8 Å². The molecule has 284 valence electrons. The monoisotopic (exact) mass is 771 g/mol. The highest BCUT2D eigenvalue weighted by molar-refractivity contribution is 6.33. The van der Waals surface area contributed by atoms with Crippen LogP contribution in [0.15, 0.2) is 204 Å². The number of hydrogen-bond donors (Lipinski definition) is 3. The smallest absolute Gasteiger partial charge is 0.135 e. The molecule has 60 heavy (non-hydrogen) atoms. The Labute approximate surface area is 345 Å². The average Bonchev–Trinajstić information content (AvgIpc) is 3.70. The first-order valence-corrected chi connectivity index (χ1v) is 20.4. The van der Waals surface area contributed by atoms with Gasteiger partial charge in [-0.25, -0.2) is 4.99 Å². The molecule has 10 aromatic carbocycles. The highest BCUT2D eigenvalue weighted by Crippen LogP contribution is 2.44. The molecular weight excluding hydrogens is 735 g/mol. The van der Waals surface area contributed by atoms with E-state index in [4.69, 9.17) is 9.41 Å². The topological polar surface area (TPSA) is 69.8 Å². The van der Waals surface area contributed by atoms with Crippen molar-refractivity contribution < 1.29 is 9.52 Å². The molecule has 5 heteroatoms. The minimum absolute atomic E-state index is 0.233. The number of benzene rings is 10. The Bertz CT molecular complexity index is 3550. The summed E-state index contributed by atoms with van der Waals surface area (Å²) in [5.41, 5.74) is 8.64. The number of aromatic hydroxyl groups is 1. The van der Waals surface area contributed by atoms with Crippen LogP contribution in [0.1, 0.15) is 29.0 Å². The van der Waals surface area contributed by atoms with Gasteiger partial charge in [-0.1, -0.05) is 164 Å². The molecule has 2 unspecified atom stereocenters. The second kappa shape index (κ2) is 13.7. The third-order valence-electron chi connectivity index (χ3n) is 12.3. The molecule has 0 spiro atoms. The molecular formula is C55H37N3O2. The van der Waals surface area contributed by atoms with Crippen LogP contribution in [-0.4, -0.2) is 10.9 Å². The normalized spacial score (nSPS) is 15.6. The zero-order valence-corrected chi connectivity index (χ0v) is 32.4. The van der Waals surface area contributed by atoms with Gasteiger partial charge in [0.25, 0.3) is 0 Å². The maximum Gasteiger partial charge on any atom is 0.135 e. The number of nitrogens with one attached hydrogen (secondary N) is 2. The van der Waals surface area contributed by atoms with Crippen LogP contribution in [-0.2, 0) is 0 Å². The lowest BCUT2D eigenvalue weighted by Gasteiger charge is -2.33. The predicted molar refractivity (Wildman–Crippen MR) is 247 cm³/mol. The summed E-state index contributed by atoms with van der Waals surface area (Å²) in [6.45, 7) is 0. The van der Waals surface area contributed by atoms with Crippen molar-refractivity contribution in [2.75, 3.05) is 0 Å². The molecule has 3 N–H and O–H groups in total. The largest absolute Gasteiger partial charge is 0.507 e. The molecule has 0 aliphatic carbocycles. The van der Waals surface area contributed by atoms with Gasteiger partial charge in [0.1, 0.15) is 35.1 Å². The van der Waals surface area contributed by atoms with Gasteiger partial charge in [0.2, 0.25) is 0 Å². The van der Waals surface area contributed by atoms with E-state index >= 15 is 0 Å². The molecule has 1 aliphatic heterocycles. The summed E-state index contributed by atoms with van der Waals surface area (Å²) >= 11 is 0. The minimum Gasteiger partial charge on any atom is -0.507 e. The molecule has 1 aliphatic rings. The van der Waals surface area contributed by atoms with Crippen molar-refractivity contribution in [1.82, 2.24) is 10.6 Å². The molecule has 0 saturated heterocycles. The number of phenolic OH excluding ortho intramolecular Hbond substituents is 1. The minimum atomic E-state index is -0.432. The van der Waals surface area contributed by atoms with Crippen molar-refractivity contribution in [3.8, 4) is 28.0 Å². The van der Waals surface area contributed by atoms with Crippen LogP contribution >= 0.6 is 0 Å². The van der Waals surface area contributed by atoms with Crippen LogP contribution in [0.4, 0.5) is 0 Å². The summed E-state index contributed by atoms with van der Waals surface area (Å²) in [7, 11) is 0. The number of phenols is 1. The van der Waals surface area contributed by atoms with Crippen LogP contribution in [0.2, 0.25) is 0 Å². The lowest BCUT2D eigenvalue weighted by Crippen LogP contribution is -2.45. The van der Waals surface area contributed by atoms with Crippen molar-refractivity contribution in [2.24, 2.45) is 4.99 Å². The fourth-order valence-corrected chi connectivity index (χ4v) is 9.59.